The predicted octanol–water partition coefficient (Wildman–Crippen LogP) is 19.7. The van der Waals surface area contributed by atoms with Crippen LogP contribution in [0.15, 0.2) is 146 Å². The smallest absolute Gasteiger partial charge is 0.306 e. The fourth-order valence-corrected chi connectivity index (χ4v) is 10.7. The quantitative estimate of drug-likeness (QED) is 0.0195. The van der Waals surface area contributed by atoms with Crippen molar-refractivity contribution in [2.45, 2.75) is 339 Å². The zero-order valence-electron chi connectivity index (χ0n) is 58.4. The second kappa shape index (κ2) is 66.6. The number of amides is 1. The fourth-order valence-electron chi connectivity index (χ4n) is 10.7. The molecule has 1 saturated heterocycles. The molecule has 8 atom stereocenters. The van der Waals surface area contributed by atoms with Crippen molar-refractivity contribution in [3.63, 3.8) is 0 Å². The Morgan fingerprint density at radius 1 is 0.435 bits per heavy atom. The summed E-state index contributed by atoms with van der Waals surface area (Å²) in [5.74, 6) is -1.22. The second-order valence-electron chi connectivity index (χ2n) is 24.9. The van der Waals surface area contributed by atoms with Crippen molar-refractivity contribution in [3.05, 3.63) is 146 Å². The molecule has 1 rings (SSSR count). The molecule has 0 radical (unpaired) electrons. The van der Waals surface area contributed by atoms with Crippen LogP contribution >= 0.6 is 0 Å². The van der Waals surface area contributed by atoms with Crippen LogP contribution in [-0.2, 0) is 23.8 Å². The highest BCUT2D eigenvalue weighted by molar-refractivity contribution is 5.80. The summed E-state index contributed by atoms with van der Waals surface area (Å²) in [5.41, 5.74) is 0. The van der Waals surface area contributed by atoms with E-state index in [1.807, 2.05) is 6.08 Å². The van der Waals surface area contributed by atoms with Crippen molar-refractivity contribution in [1.29, 1.82) is 0 Å². The molecule has 1 fully saturated rings. The summed E-state index contributed by atoms with van der Waals surface area (Å²) in [6.07, 6.45) is 85.9. The number of allylic oxidation sites excluding steroid dienone is 23. The van der Waals surface area contributed by atoms with Gasteiger partial charge in [-0.25, -0.2) is 0 Å². The molecule has 0 aromatic carbocycles. The lowest BCUT2D eigenvalue weighted by Crippen LogP contribution is -2.61. The summed E-state index contributed by atoms with van der Waals surface area (Å²) in [6.45, 7) is 5.57. The lowest BCUT2D eigenvalue weighted by atomic mass is 9.99. The van der Waals surface area contributed by atoms with Gasteiger partial charge in [0.2, 0.25) is 5.91 Å². The average molecular weight is 1280 g/mol. The second-order valence-corrected chi connectivity index (χ2v) is 24.9. The molecule has 92 heavy (non-hydrogen) atoms. The van der Waals surface area contributed by atoms with E-state index in [9.17, 15) is 35.1 Å². The van der Waals surface area contributed by atoms with E-state index in [4.69, 9.17) is 14.2 Å². The van der Waals surface area contributed by atoms with Crippen LogP contribution in [0.25, 0.3) is 0 Å². The van der Waals surface area contributed by atoms with Gasteiger partial charge in [0.05, 0.1) is 25.4 Å². The first-order chi connectivity index (χ1) is 45.2. The predicted molar refractivity (Wildman–Crippen MR) is 388 cm³/mol. The van der Waals surface area contributed by atoms with Crippen LogP contribution in [0.2, 0.25) is 0 Å². The molecular formula is C81H135NO10. The van der Waals surface area contributed by atoms with Gasteiger partial charge >= 0.3 is 5.97 Å². The third-order valence-electron chi connectivity index (χ3n) is 16.5. The molecular weight excluding hydrogens is 1150 g/mol. The average Bonchev–Trinajstić information content (AvgIpc) is 0.881. The van der Waals surface area contributed by atoms with Crippen LogP contribution in [-0.4, -0.2) is 99.6 Å². The number of hydrogen-bond acceptors (Lipinski definition) is 10. The molecule has 1 heterocycles. The van der Waals surface area contributed by atoms with Crippen LogP contribution < -0.4 is 5.32 Å². The molecule has 524 valence electrons. The van der Waals surface area contributed by atoms with E-state index in [-0.39, 0.29) is 19.4 Å². The Labute approximate surface area is 562 Å². The molecule has 0 aliphatic carbocycles. The number of aliphatic hydroxyl groups excluding tert-OH is 5. The standard InChI is InChI=1S/C81H135NO10/c1-4-7-10-13-16-19-22-25-27-29-31-33-35-37-39-40-42-44-46-48-50-53-56-59-62-65-68-74(85)80(89)82-72(73(84)67-64-61-58-55-52-24-21-18-15-12-9-6-3)71-90-81-79(78(88)77(87)75(70-83)91-81)92-76(86)69-66-63-60-57-54-51-49-47-45-43-41-38-36-34-32-30-28-26-23-20-17-14-11-8-5-2/h7-8,10-11,16-17,19-20,25-28,31-34,37-39,41-42,44,64,67,72-75,77-79,81,83-85,87-88H,4-6,9,12-15,18,21-24,29-30,35-36,40,43,45-63,65-66,68-71H2,1-3H3,(H,82,89)/b10-7-,11-8-,19-16-,20-17-,27-25-,28-26-,33-31-,34-32-,39-37-,41-38-,44-42-,67-64+. The number of unbranched alkanes of at least 4 members (excludes halogenated alkanes) is 26. The highest BCUT2D eigenvalue weighted by atomic mass is 16.7. The molecule has 6 N–H and O–H groups in total. The lowest BCUT2D eigenvalue weighted by molar-refractivity contribution is -0.305. The van der Waals surface area contributed by atoms with Gasteiger partial charge in [-0.15, -0.1) is 0 Å². The number of hydrogen-bond donors (Lipinski definition) is 6. The first-order valence-electron chi connectivity index (χ1n) is 37.1. The van der Waals surface area contributed by atoms with E-state index in [0.29, 0.717) is 12.8 Å². The van der Waals surface area contributed by atoms with E-state index in [1.54, 1.807) is 6.08 Å². The molecule has 1 aliphatic rings. The van der Waals surface area contributed by atoms with Gasteiger partial charge in [-0.2, -0.15) is 0 Å². The molecule has 0 saturated carbocycles. The molecule has 11 heteroatoms. The molecule has 1 amide bonds. The van der Waals surface area contributed by atoms with Gasteiger partial charge < -0.3 is 45.1 Å². The van der Waals surface area contributed by atoms with Crippen molar-refractivity contribution in [3.8, 4) is 0 Å². The Morgan fingerprint density at radius 3 is 1.17 bits per heavy atom. The Balaban J connectivity index is 2.57. The Hall–Kier alpha value is -4.46. The Bertz CT molecular complexity index is 2060. The number of rotatable bonds is 62. The fraction of sp³-hybridized carbons (Fsp3) is 0.679. The van der Waals surface area contributed by atoms with Crippen LogP contribution in [0.1, 0.15) is 290 Å². The van der Waals surface area contributed by atoms with Crippen LogP contribution in [0.3, 0.4) is 0 Å². The molecule has 11 nitrogen and oxygen atoms in total. The van der Waals surface area contributed by atoms with E-state index < -0.39 is 67.4 Å². The first kappa shape index (κ1) is 85.6. The van der Waals surface area contributed by atoms with Crippen molar-refractivity contribution >= 4 is 11.9 Å². The number of carbonyl (C=O) groups excluding carboxylic acids is 2. The third kappa shape index (κ3) is 52.9. The topological polar surface area (TPSA) is 175 Å². The van der Waals surface area contributed by atoms with Crippen molar-refractivity contribution in [1.82, 2.24) is 5.32 Å². The normalized spacial score (nSPS) is 18.8. The highest BCUT2D eigenvalue weighted by Crippen LogP contribution is 2.26. The summed E-state index contributed by atoms with van der Waals surface area (Å²) in [6, 6.07) is -1.04. The minimum atomic E-state index is -1.63. The summed E-state index contributed by atoms with van der Waals surface area (Å²) in [7, 11) is 0. The Kier molecular flexibility index (Phi) is 61.9. The van der Waals surface area contributed by atoms with Gasteiger partial charge in [0.15, 0.2) is 12.4 Å². The number of nitrogens with one attached hydrogen (secondary N) is 1. The number of aliphatic hydroxyl groups is 5. The van der Waals surface area contributed by atoms with Gasteiger partial charge in [0.25, 0.3) is 0 Å². The summed E-state index contributed by atoms with van der Waals surface area (Å²) in [4.78, 5) is 26.7. The number of ether oxygens (including phenoxy) is 3. The molecule has 0 spiro atoms. The molecule has 1 aliphatic heterocycles. The van der Waals surface area contributed by atoms with E-state index in [0.717, 1.165) is 167 Å². The maximum Gasteiger partial charge on any atom is 0.306 e. The van der Waals surface area contributed by atoms with Gasteiger partial charge in [0.1, 0.15) is 24.4 Å². The van der Waals surface area contributed by atoms with Crippen molar-refractivity contribution < 1.29 is 49.3 Å². The number of carbonyl (C=O) groups is 2. The maximum absolute atomic E-state index is 13.5. The van der Waals surface area contributed by atoms with Gasteiger partial charge in [-0.3, -0.25) is 9.59 Å². The van der Waals surface area contributed by atoms with Crippen LogP contribution in [0, 0.1) is 0 Å². The van der Waals surface area contributed by atoms with Crippen LogP contribution in [0.5, 0.6) is 0 Å². The maximum atomic E-state index is 13.5. The van der Waals surface area contributed by atoms with Gasteiger partial charge in [0, 0.05) is 6.42 Å². The first-order valence-corrected chi connectivity index (χ1v) is 37.1. The SMILES string of the molecule is CC/C=C\C/C=C\C/C=C\C/C=C\C/C=C\C/C=C\CCCCCCCCCC(O)C(=O)NC(COC1OC(CO)C(O)C(O)C1OC(=O)CCCCCCCCCCC/C=C\C/C=C\C/C=C\C/C=C\C/C=C\CC)C(O)/C=C/CCCCCCCCCCCC. The summed E-state index contributed by atoms with van der Waals surface area (Å²) in [5, 5.41) is 57.3. The van der Waals surface area contributed by atoms with Gasteiger partial charge in [-0.05, 0) is 122 Å². The monoisotopic (exact) mass is 1280 g/mol. The number of esters is 1. The molecule has 0 bridgehead atoms. The minimum Gasteiger partial charge on any atom is -0.454 e. The van der Waals surface area contributed by atoms with Crippen molar-refractivity contribution in [2.75, 3.05) is 13.2 Å². The zero-order chi connectivity index (χ0) is 66.7. The zero-order valence-corrected chi connectivity index (χ0v) is 58.4. The Morgan fingerprint density at radius 2 is 0.783 bits per heavy atom. The lowest BCUT2D eigenvalue weighted by Gasteiger charge is -2.41. The van der Waals surface area contributed by atoms with E-state index in [1.165, 1.54) is 77.0 Å². The van der Waals surface area contributed by atoms with Crippen molar-refractivity contribution in [2.24, 2.45) is 0 Å². The van der Waals surface area contributed by atoms with E-state index >= 15 is 0 Å². The molecule has 0 aromatic heterocycles. The van der Waals surface area contributed by atoms with E-state index in [2.05, 4.69) is 160 Å². The third-order valence-corrected chi connectivity index (χ3v) is 16.5. The minimum absolute atomic E-state index is 0.107. The molecule has 0 aromatic rings. The molecule has 8 unspecified atom stereocenters. The van der Waals surface area contributed by atoms with Gasteiger partial charge in [-0.1, -0.05) is 308 Å². The summed E-state index contributed by atoms with van der Waals surface area (Å²) >= 11 is 0. The largest absolute Gasteiger partial charge is 0.454 e. The summed E-state index contributed by atoms with van der Waals surface area (Å²) < 4.78 is 17.7. The highest BCUT2D eigenvalue weighted by Gasteiger charge is 2.47. The van der Waals surface area contributed by atoms with Crippen LogP contribution in [0.4, 0.5) is 0 Å².